The van der Waals surface area contributed by atoms with Crippen LogP contribution in [-0.4, -0.2) is 28.2 Å². The molecule has 0 atom stereocenters. The van der Waals surface area contributed by atoms with E-state index in [0.717, 1.165) is 87.2 Å². The molecule has 0 aliphatic carbocycles. The van der Waals surface area contributed by atoms with Crippen LogP contribution in [0.25, 0.3) is 122 Å². The van der Waals surface area contributed by atoms with E-state index in [4.69, 9.17) is 9.97 Å². The van der Waals surface area contributed by atoms with Gasteiger partial charge in [0.1, 0.15) is 5.82 Å². The van der Waals surface area contributed by atoms with Gasteiger partial charge in [-0.3, -0.25) is 9.13 Å². The molecule has 9 aromatic carbocycles. The number of fused-ring (bicyclic) bond motifs is 12. The van der Waals surface area contributed by atoms with Gasteiger partial charge in [-0.1, -0.05) is 146 Å². The van der Waals surface area contributed by atoms with Crippen LogP contribution < -0.4 is 0 Å². The third kappa shape index (κ3) is 4.90. The van der Waals surface area contributed by atoms with E-state index in [1.54, 1.807) is 0 Å². The third-order valence-corrected chi connectivity index (χ3v) is 12.9. The molecule has 5 heterocycles. The number of para-hydroxylation sites is 8. The van der Waals surface area contributed by atoms with Crippen LogP contribution in [0.2, 0.25) is 0 Å². The number of benzene rings is 9. The van der Waals surface area contributed by atoms with Gasteiger partial charge in [0.05, 0.1) is 59.6 Å². The highest BCUT2D eigenvalue weighted by Crippen LogP contribution is 2.41. The number of nitrogens with zero attached hydrogens (tertiary/aromatic N) is 6. The van der Waals surface area contributed by atoms with Gasteiger partial charge in [-0.05, 0) is 66.7 Å². The van der Waals surface area contributed by atoms with Gasteiger partial charge < -0.3 is 9.13 Å². The molecule has 0 aliphatic rings. The number of aromatic nitrogens is 6. The SMILES string of the molecule is [2H]c1c([2H])c(-n2c3ccccc3c3ccccc32)c([2H])c(-n2c3ccccc3c3ccccc32)c1-c1cc(-n2c3ccccc3c3ccccc32)nc(-n2c3ccccc3c3ccccc32)n1. The van der Waals surface area contributed by atoms with Gasteiger partial charge in [-0.15, -0.1) is 0 Å². The summed E-state index contributed by atoms with van der Waals surface area (Å²) in [6, 6.07) is 67.9. The quantitative estimate of drug-likeness (QED) is 0.174. The summed E-state index contributed by atoms with van der Waals surface area (Å²) in [4.78, 5) is 11.0. The molecule has 14 rings (SSSR count). The lowest BCUT2D eigenvalue weighted by atomic mass is 10.1. The maximum absolute atomic E-state index is 10.6. The lowest BCUT2D eigenvalue weighted by Crippen LogP contribution is -2.08. The largest absolute Gasteiger partial charge is 0.309 e. The second-order valence-corrected chi connectivity index (χ2v) is 16.3. The zero-order chi connectivity index (χ0) is 44.5. The highest BCUT2D eigenvalue weighted by atomic mass is 15.2. The van der Waals surface area contributed by atoms with Crippen LogP contribution in [-0.2, 0) is 0 Å². The van der Waals surface area contributed by atoms with E-state index in [1.807, 2.05) is 95.6 Å². The molecule has 0 radical (unpaired) electrons. The Morgan fingerprint density at radius 3 is 1.05 bits per heavy atom. The maximum Gasteiger partial charge on any atom is 0.237 e. The first-order chi connectivity index (χ1) is 33.0. The van der Waals surface area contributed by atoms with Crippen molar-refractivity contribution in [3.8, 4) is 34.4 Å². The summed E-state index contributed by atoms with van der Waals surface area (Å²) in [5.74, 6) is 1.00. The minimum Gasteiger partial charge on any atom is -0.309 e. The Kier molecular flexibility index (Phi) is 6.70. The first kappa shape index (κ1) is 32.0. The first-order valence-corrected chi connectivity index (χ1v) is 21.5. The molecule has 0 spiro atoms. The Morgan fingerprint density at radius 2 is 0.656 bits per heavy atom. The standard InChI is InChI=1S/C58H36N6/c1-9-25-48-38(17-1)39-18-2-10-26-49(39)61(48)37-33-34-46(56(35-37)62-50-27-11-3-19-40(50)41-20-4-12-28-51(41)62)47-36-57(63-52-29-13-5-21-42(52)43-22-6-14-30-53(43)63)60-58(59-47)64-54-31-15-7-23-44(54)45-24-8-16-32-55(45)64/h1-36H/i33D,34D,35D. The molecule has 298 valence electrons. The van der Waals surface area contributed by atoms with Crippen molar-refractivity contribution in [1.82, 2.24) is 28.2 Å². The van der Waals surface area contributed by atoms with Crippen LogP contribution in [0.3, 0.4) is 0 Å². The molecular weight excluding hydrogens is 781 g/mol. The average Bonchev–Trinajstić information content (AvgIpc) is 4.11. The molecule has 6 heteroatoms. The fraction of sp³-hybridized carbons (Fsp3) is 0. The van der Waals surface area contributed by atoms with Gasteiger partial charge in [0.25, 0.3) is 0 Å². The van der Waals surface area contributed by atoms with E-state index < -0.39 is 0 Å². The van der Waals surface area contributed by atoms with Gasteiger partial charge in [0, 0.05) is 60.4 Å². The van der Waals surface area contributed by atoms with Crippen LogP contribution in [0.4, 0.5) is 0 Å². The summed E-state index contributed by atoms with van der Waals surface area (Å²) in [6.07, 6.45) is 0. The second kappa shape index (κ2) is 13.4. The van der Waals surface area contributed by atoms with E-state index in [1.165, 1.54) is 0 Å². The van der Waals surface area contributed by atoms with Gasteiger partial charge in [-0.2, -0.15) is 4.98 Å². The molecule has 0 saturated heterocycles. The third-order valence-electron chi connectivity index (χ3n) is 12.9. The summed E-state index contributed by atoms with van der Waals surface area (Å²) in [7, 11) is 0. The molecule has 0 saturated carbocycles. The van der Waals surface area contributed by atoms with Crippen molar-refractivity contribution in [3.63, 3.8) is 0 Å². The second-order valence-electron chi connectivity index (χ2n) is 16.3. The molecule has 64 heavy (non-hydrogen) atoms. The highest BCUT2D eigenvalue weighted by molar-refractivity contribution is 6.12. The Labute approximate surface area is 371 Å². The van der Waals surface area contributed by atoms with Gasteiger partial charge >= 0.3 is 0 Å². The monoisotopic (exact) mass is 819 g/mol. The zero-order valence-electron chi connectivity index (χ0n) is 37.2. The lowest BCUT2D eigenvalue weighted by molar-refractivity contribution is 0.951. The van der Waals surface area contributed by atoms with Gasteiger partial charge in [-0.25, -0.2) is 4.98 Å². The molecule has 5 aromatic heterocycles. The number of hydrogen-bond donors (Lipinski definition) is 0. The summed E-state index contributed by atoms with van der Waals surface area (Å²) in [5, 5.41) is 8.35. The Morgan fingerprint density at radius 1 is 0.328 bits per heavy atom. The van der Waals surface area contributed by atoms with Crippen molar-refractivity contribution in [2.24, 2.45) is 0 Å². The van der Waals surface area contributed by atoms with Gasteiger partial charge in [0.15, 0.2) is 0 Å². The number of rotatable bonds is 5. The Bertz CT molecular complexity index is 4050. The summed E-state index contributed by atoms with van der Waals surface area (Å²) < 4.78 is 39.6. The molecule has 6 nitrogen and oxygen atoms in total. The minimum absolute atomic E-state index is 0.0511. The molecule has 0 amide bonds. The smallest absolute Gasteiger partial charge is 0.237 e. The number of hydrogen-bond acceptors (Lipinski definition) is 2. The Hall–Kier alpha value is -8.74. The van der Waals surface area contributed by atoms with E-state index in [9.17, 15) is 4.11 Å². The van der Waals surface area contributed by atoms with Crippen molar-refractivity contribution < 1.29 is 4.11 Å². The lowest BCUT2D eigenvalue weighted by Gasteiger charge is -2.19. The van der Waals surface area contributed by atoms with E-state index in [2.05, 4.69) is 123 Å². The normalized spacial score (nSPS) is 12.7. The first-order valence-electron chi connectivity index (χ1n) is 23.0. The average molecular weight is 820 g/mol. The van der Waals surface area contributed by atoms with Crippen LogP contribution >= 0.6 is 0 Å². The summed E-state index contributed by atoms with van der Waals surface area (Å²) >= 11 is 0. The molecular formula is C58H36N6. The van der Waals surface area contributed by atoms with Gasteiger partial charge in [0.2, 0.25) is 5.95 Å². The van der Waals surface area contributed by atoms with Crippen molar-refractivity contribution in [2.45, 2.75) is 0 Å². The molecule has 14 aromatic rings. The maximum atomic E-state index is 10.6. The van der Waals surface area contributed by atoms with E-state index in [-0.39, 0.29) is 18.1 Å². The van der Waals surface area contributed by atoms with Crippen LogP contribution in [0, 0.1) is 0 Å². The fourth-order valence-electron chi connectivity index (χ4n) is 10.3. The van der Waals surface area contributed by atoms with Crippen LogP contribution in [0.15, 0.2) is 218 Å². The molecule has 0 aliphatic heterocycles. The van der Waals surface area contributed by atoms with E-state index in [0.29, 0.717) is 34.4 Å². The van der Waals surface area contributed by atoms with Crippen molar-refractivity contribution in [2.75, 3.05) is 0 Å². The molecule has 0 fully saturated rings. The predicted octanol–water partition coefficient (Wildman–Crippen LogP) is 14.5. The van der Waals surface area contributed by atoms with Crippen LogP contribution in [0.1, 0.15) is 4.11 Å². The molecule has 0 bridgehead atoms. The zero-order valence-corrected chi connectivity index (χ0v) is 34.2. The summed E-state index contributed by atoms with van der Waals surface area (Å²) in [6.45, 7) is 0. The van der Waals surface area contributed by atoms with Crippen molar-refractivity contribution >= 4 is 87.2 Å². The predicted molar refractivity (Wildman–Crippen MR) is 265 cm³/mol. The van der Waals surface area contributed by atoms with Crippen molar-refractivity contribution in [1.29, 1.82) is 0 Å². The van der Waals surface area contributed by atoms with Crippen molar-refractivity contribution in [3.05, 3.63) is 218 Å². The molecule has 0 unspecified atom stereocenters. The minimum atomic E-state index is -0.0773. The molecule has 0 N–H and O–H groups in total. The Balaban J connectivity index is 1.18. The van der Waals surface area contributed by atoms with Crippen LogP contribution in [0.5, 0.6) is 0 Å². The van der Waals surface area contributed by atoms with E-state index >= 15 is 0 Å². The highest BCUT2D eigenvalue weighted by Gasteiger charge is 2.23. The fourth-order valence-corrected chi connectivity index (χ4v) is 10.3. The summed E-state index contributed by atoms with van der Waals surface area (Å²) in [5.41, 5.74) is 8.84. The topological polar surface area (TPSA) is 45.5 Å².